The summed E-state index contributed by atoms with van der Waals surface area (Å²) >= 11 is 0. The number of methoxy groups -OCH3 is 1. The second-order valence-electron chi connectivity index (χ2n) is 5.68. The zero-order valence-electron chi connectivity index (χ0n) is 12.2. The molecule has 0 radical (unpaired) electrons. The first-order chi connectivity index (χ1) is 8.79. The standard InChI is InChI=1S/C16H30O2/c1-3-4-5-6-7-8-13-15(17)16(18-2)14-11-9-10-12-14/h14,16H,3-13H2,1-2H3. The maximum Gasteiger partial charge on any atom is 0.161 e. The van der Waals surface area contributed by atoms with Crippen molar-refractivity contribution in [2.75, 3.05) is 7.11 Å². The van der Waals surface area contributed by atoms with Crippen LogP contribution in [0.3, 0.4) is 0 Å². The fraction of sp³-hybridized carbons (Fsp3) is 0.938. The summed E-state index contributed by atoms with van der Waals surface area (Å²) in [5.74, 6) is 0.850. The molecule has 2 heteroatoms. The zero-order chi connectivity index (χ0) is 13.2. The van der Waals surface area contributed by atoms with Crippen LogP contribution in [0.5, 0.6) is 0 Å². The number of carbonyl (C=O) groups excluding carboxylic acids is 1. The van der Waals surface area contributed by atoms with E-state index in [2.05, 4.69) is 6.92 Å². The highest BCUT2D eigenvalue weighted by Gasteiger charge is 2.29. The van der Waals surface area contributed by atoms with E-state index in [0.717, 1.165) is 12.8 Å². The van der Waals surface area contributed by atoms with Crippen LogP contribution >= 0.6 is 0 Å². The van der Waals surface area contributed by atoms with Crippen LogP contribution in [0.2, 0.25) is 0 Å². The van der Waals surface area contributed by atoms with E-state index in [4.69, 9.17) is 4.74 Å². The normalized spacial score (nSPS) is 18.1. The molecule has 0 aromatic rings. The molecule has 2 nitrogen and oxygen atoms in total. The van der Waals surface area contributed by atoms with Crippen LogP contribution < -0.4 is 0 Å². The van der Waals surface area contributed by atoms with Crippen molar-refractivity contribution in [1.29, 1.82) is 0 Å². The van der Waals surface area contributed by atoms with Gasteiger partial charge in [-0.15, -0.1) is 0 Å². The third-order valence-electron chi connectivity index (χ3n) is 4.18. The number of unbranched alkanes of at least 4 members (excludes halogenated alkanes) is 5. The molecule has 106 valence electrons. The van der Waals surface area contributed by atoms with Crippen molar-refractivity contribution in [2.24, 2.45) is 5.92 Å². The van der Waals surface area contributed by atoms with E-state index >= 15 is 0 Å². The van der Waals surface area contributed by atoms with Crippen molar-refractivity contribution in [3.63, 3.8) is 0 Å². The van der Waals surface area contributed by atoms with Crippen LogP contribution in [-0.2, 0) is 9.53 Å². The predicted octanol–water partition coefficient (Wildman–Crippen LogP) is 4.51. The Hall–Kier alpha value is -0.370. The molecule has 1 unspecified atom stereocenters. The van der Waals surface area contributed by atoms with Gasteiger partial charge in [0.05, 0.1) is 0 Å². The summed E-state index contributed by atoms with van der Waals surface area (Å²) in [5, 5.41) is 0. The lowest BCUT2D eigenvalue weighted by atomic mass is 9.94. The van der Waals surface area contributed by atoms with Gasteiger partial charge in [-0.3, -0.25) is 4.79 Å². The van der Waals surface area contributed by atoms with E-state index in [-0.39, 0.29) is 6.10 Å². The lowest BCUT2D eigenvalue weighted by Gasteiger charge is -2.20. The van der Waals surface area contributed by atoms with Gasteiger partial charge in [0.2, 0.25) is 0 Å². The van der Waals surface area contributed by atoms with E-state index in [0.29, 0.717) is 11.7 Å². The number of hydrogen-bond donors (Lipinski definition) is 0. The number of rotatable bonds is 10. The van der Waals surface area contributed by atoms with E-state index in [9.17, 15) is 4.79 Å². The Kier molecular flexibility index (Phi) is 8.32. The quantitative estimate of drug-likeness (QED) is 0.536. The lowest BCUT2D eigenvalue weighted by Crippen LogP contribution is -2.30. The number of carbonyl (C=O) groups is 1. The molecule has 0 saturated heterocycles. The van der Waals surface area contributed by atoms with E-state index in [1.165, 1.54) is 57.8 Å². The highest BCUT2D eigenvalue weighted by atomic mass is 16.5. The largest absolute Gasteiger partial charge is 0.373 e. The van der Waals surface area contributed by atoms with E-state index < -0.39 is 0 Å². The molecule has 0 heterocycles. The summed E-state index contributed by atoms with van der Waals surface area (Å²) in [6, 6.07) is 0. The number of ketones is 1. The number of ether oxygens (including phenoxy) is 1. The molecule has 0 aromatic carbocycles. The fourth-order valence-electron chi connectivity index (χ4n) is 3.07. The summed E-state index contributed by atoms with van der Waals surface area (Å²) in [6.45, 7) is 2.23. The smallest absolute Gasteiger partial charge is 0.161 e. The van der Waals surface area contributed by atoms with Crippen LogP contribution in [0.25, 0.3) is 0 Å². The second kappa shape index (κ2) is 9.55. The topological polar surface area (TPSA) is 26.3 Å². The molecule has 0 N–H and O–H groups in total. The fourth-order valence-corrected chi connectivity index (χ4v) is 3.07. The zero-order valence-corrected chi connectivity index (χ0v) is 12.2. The first-order valence-corrected chi connectivity index (χ1v) is 7.85. The second-order valence-corrected chi connectivity index (χ2v) is 5.68. The molecule has 1 rings (SSSR count). The summed E-state index contributed by atoms with van der Waals surface area (Å²) in [5.41, 5.74) is 0. The van der Waals surface area contributed by atoms with Crippen LogP contribution in [0, 0.1) is 5.92 Å². The van der Waals surface area contributed by atoms with Gasteiger partial charge in [0, 0.05) is 13.5 Å². The van der Waals surface area contributed by atoms with Gasteiger partial charge in [-0.05, 0) is 25.2 Å². The molecule has 0 bridgehead atoms. The van der Waals surface area contributed by atoms with Crippen molar-refractivity contribution in [3.05, 3.63) is 0 Å². The molecule has 0 aromatic heterocycles. The Morgan fingerprint density at radius 3 is 2.33 bits per heavy atom. The molecular formula is C16H30O2. The molecular weight excluding hydrogens is 224 g/mol. The van der Waals surface area contributed by atoms with Crippen molar-refractivity contribution in [2.45, 2.75) is 83.7 Å². The van der Waals surface area contributed by atoms with Gasteiger partial charge in [-0.1, -0.05) is 51.9 Å². The van der Waals surface area contributed by atoms with Gasteiger partial charge in [-0.2, -0.15) is 0 Å². The maximum atomic E-state index is 12.1. The summed E-state index contributed by atoms with van der Waals surface area (Å²) in [6.07, 6.45) is 13.0. The van der Waals surface area contributed by atoms with Gasteiger partial charge in [-0.25, -0.2) is 0 Å². The maximum absolute atomic E-state index is 12.1. The van der Waals surface area contributed by atoms with Crippen molar-refractivity contribution >= 4 is 5.78 Å². The average molecular weight is 254 g/mol. The highest BCUT2D eigenvalue weighted by Crippen LogP contribution is 2.30. The Morgan fingerprint density at radius 1 is 1.11 bits per heavy atom. The van der Waals surface area contributed by atoms with Crippen LogP contribution in [0.4, 0.5) is 0 Å². The number of hydrogen-bond acceptors (Lipinski definition) is 2. The molecule has 1 atom stereocenters. The van der Waals surface area contributed by atoms with Crippen molar-refractivity contribution < 1.29 is 9.53 Å². The SMILES string of the molecule is CCCCCCCCC(=O)C(OC)C1CCCC1. The van der Waals surface area contributed by atoms with E-state index in [1.807, 2.05) is 0 Å². The lowest BCUT2D eigenvalue weighted by molar-refractivity contribution is -0.132. The molecule has 1 aliphatic carbocycles. The predicted molar refractivity (Wildman–Crippen MR) is 75.8 cm³/mol. The molecule has 0 spiro atoms. The third-order valence-corrected chi connectivity index (χ3v) is 4.18. The Morgan fingerprint density at radius 2 is 1.72 bits per heavy atom. The molecule has 1 saturated carbocycles. The van der Waals surface area contributed by atoms with E-state index in [1.54, 1.807) is 7.11 Å². The summed E-state index contributed by atoms with van der Waals surface area (Å²) in [4.78, 5) is 12.1. The first kappa shape index (κ1) is 15.7. The Balaban J connectivity index is 2.13. The van der Waals surface area contributed by atoms with Crippen LogP contribution in [0.15, 0.2) is 0 Å². The van der Waals surface area contributed by atoms with Crippen molar-refractivity contribution in [1.82, 2.24) is 0 Å². The van der Waals surface area contributed by atoms with Gasteiger partial charge < -0.3 is 4.74 Å². The minimum Gasteiger partial charge on any atom is -0.373 e. The molecule has 0 amide bonds. The Labute approximate surface area is 112 Å². The molecule has 0 aliphatic heterocycles. The van der Waals surface area contributed by atoms with Gasteiger partial charge >= 0.3 is 0 Å². The van der Waals surface area contributed by atoms with Gasteiger partial charge in [0.1, 0.15) is 6.10 Å². The van der Waals surface area contributed by atoms with Gasteiger partial charge in [0.25, 0.3) is 0 Å². The molecule has 1 fully saturated rings. The third kappa shape index (κ3) is 5.51. The number of Topliss-reactive ketones (excluding diaryl/α,β-unsaturated/α-hetero) is 1. The van der Waals surface area contributed by atoms with Crippen LogP contribution in [0.1, 0.15) is 77.6 Å². The molecule has 18 heavy (non-hydrogen) atoms. The summed E-state index contributed by atoms with van der Waals surface area (Å²) < 4.78 is 5.44. The Bertz CT molecular complexity index is 219. The monoisotopic (exact) mass is 254 g/mol. The molecule has 1 aliphatic rings. The first-order valence-electron chi connectivity index (χ1n) is 7.85. The van der Waals surface area contributed by atoms with Gasteiger partial charge in [0.15, 0.2) is 5.78 Å². The highest BCUT2D eigenvalue weighted by molar-refractivity contribution is 5.83. The minimum atomic E-state index is -0.108. The van der Waals surface area contributed by atoms with Crippen molar-refractivity contribution in [3.8, 4) is 0 Å². The van der Waals surface area contributed by atoms with Crippen LogP contribution in [-0.4, -0.2) is 19.0 Å². The minimum absolute atomic E-state index is 0.108. The summed E-state index contributed by atoms with van der Waals surface area (Å²) in [7, 11) is 1.70. The average Bonchev–Trinajstić information content (AvgIpc) is 2.88.